The van der Waals surface area contributed by atoms with E-state index in [1.54, 1.807) is 0 Å². The van der Waals surface area contributed by atoms with Crippen LogP contribution in [0.15, 0.2) is 0 Å². The minimum atomic E-state index is 0.927. The SMILES string of the molecule is CCCCCCOCCCCCOCCCC. The number of unbranched alkanes of at least 4 members (excludes halogenated alkanes) is 6. The molecule has 0 aliphatic carbocycles. The van der Waals surface area contributed by atoms with Crippen LogP contribution in [-0.2, 0) is 9.47 Å². The Morgan fingerprint density at radius 1 is 0.471 bits per heavy atom. The van der Waals surface area contributed by atoms with Gasteiger partial charge in [0.25, 0.3) is 0 Å². The second kappa shape index (κ2) is 15.9. The first-order chi connectivity index (χ1) is 8.41. The molecule has 0 radical (unpaired) electrons. The van der Waals surface area contributed by atoms with Crippen molar-refractivity contribution in [1.29, 1.82) is 0 Å². The normalized spacial score (nSPS) is 10.9. The summed E-state index contributed by atoms with van der Waals surface area (Å²) in [7, 11) is 0. The zero-order valence-electron chi connectivity index (χ0n) is 12.0. The molecule has 0 N–H and O–H groups in total. The van der Waals surface area contributed by atoms with Crippen molar-refractivity contribution in [2.45, 2.75) is 71.6 Å². The first-order valence-corrected chi connectivity index (χ1v) is 7.57. The van der Waals surface area contributed by atoms with E-state index < -0.39 is 0 Å². The lowest BCUT2D eigenvalue weighted by molar-refractivity contribution is 0.111. The first kappa shape index (κ1) is 16.9. The molecular formula is C15H32O2. The molecule has 0 fully saturated rings. The Morgan fingerprint density at radius 3 is 1.35 bits per heavy atom. The van der Waals surface area contributed by atoms with Crippen LogP contribution in [0.4, 0.5) is 0 Å². The maximum Gasteiger partial charge on any atom is 0.0466 e. The third-order valence-electron chi connectivity index (χ3n) is 2.86. The highest BCUT2D eigenvalue weighted by Gasteiger charge is 1.92. The molecule has 0 aromatic heterocycles. The van der Waals surface area contributed by atoms with E-state index in [0.717, 1.165) is 26.4 Å². The molecule has 0 saturated carbocycles. The van der Waals surface area contributed by atoms with Gasteiger partial charge in [0.2, 0.25) is 0 Å². The maximum atomic E-state index is 5.58. The maximum absolute atomic E-state index is 5.58. The number of hydrogen-bond donors (Lipinski definition) is 0. The van der Waals surface area contributed by atoms with E-state index in [1.807, 2.05) is 0 Å². The summed E-state index contributed by atoms with van der Waals surface area (Å²) in [6.45, 7) is 8.18. The molecule has 0 spiro atoms. The highest BCUT2D eigenvalue weighted by atomic mass is 16.5. The lowest BCUT2D eigenvalue weighted by Crippen LogP contribution is -1.99. The van der Waals surface area contributed by atoms with Gasteiger partial charge < -0.3 is 9.47 Å². The molecule has 0 heterocycles. The second-order valence-electron chi connectivity index (χ2n) is 4.70. The summed E-state index contributed by atoms with van der Waals surface area (Å²) in [6.07, 6.45) is 11.2. The topological polar surface area (TPSA) is 18.5 Å². The summed E-state index contributed by atoms with van der Waals surface area (Å²) in [4.78, 5) is 0. The van der Waals surface area contributed by atoms with Gasteiger partial charge in [0, 0.05) is 26.4 Å². The fourth-order valence-electron chi connectivity index (χ4n) is 1.67. The summed E-state index contributed by atoms with van der Waals surface area (Å²) in [5.74, 6) is 0. The van der Waals surface area contributed by atoms with Gasteiger partial charge in [-0.3, -0.25) is 0 Å². The summed E-state index contributed by atoms with van der Waals surface area (Å²) in [5, 5.41) is 0. The fraction of sp³-hybridized carbons (Fsp3) is 1.00. The Labute approximate surface area is 108 Å². The van der Waals surface area contributed by atoms with Crippen LogP contribution in [-0.4, -0.2) is 26.4 Å². The van der Waals surface area contributed by atoms with Gasteiger partial charge in [-0.2, -0.15) is 0 Å². The minimum absolute atomic E-state index is 0.927. The Balaban J connectivity index is 2.85. The average Bonchev–Trinajstić information content (AvgIpc) is 2.35. The number of hydrogen-bond acceptors (Lipinski definition) is 2. The highest BCUT2D eigenvalue weighted by Crippen LogP contribution is 2.01. The zero-order valence-corrected chi connectivity index (χ0v) is 12.0. The molecule has 17 heavy (non-hydrogen) atoms. The summed E-state index contributed by atoms with van der Waals surface area (Å²) in [5.41, 5.74) is 0. The van der Waals surface area contributed by atoms with Crippen LogP contribution >= 0.6 is 0 Å². The van der Waals surface area contributed by atoms with E-state index in [-0.39, 0.29) is 0 Å². The second-order valence-corrected chi connectivity index (χ2v) is 4.70. The Bertz CT molecular complexity index is 112. The Hall–Kier alpha value is -0.0800. The van der Waals surface area contributed by atoms with Crippen molar-refractivity contribution in [3.8, 4) is 0 Å². The predicted molar refractivity (Wildman–Crippen MR) is 74.5 cm³/mol. The lowest BCUT2D eigenvalue weighted by atomic mass is 10.2. The number of ether oxygens (including phenoxy) is 2. The molecule has 0 aromatic carbocycles. The van der Waals surface area contributed by atoms with E-state index in [1.165, 1.54) is 57.8 Å². The van der Waals surface area contributed by atoms with Crippen LogP contribution in [0.2, 0.25) is 0 Å². The molecule has 0 amide bonds. The molecular weight excluding hydrogens is 212 g/mol. The molecule has 0 rings (SSSR count). The molecule has 0 aliphatic rings. The third kappa shape index (κ3) is 15.9. The van der Waals surface area contributed by atoms with Crippen molar-refractivity contribution in [3.63, 3.8) is 0 Å². The van der Waals surface area contributed by atoms with Crippen molar-refractivity contribution in [1.82, 2.24) is 0 Å². The molecule has 0 unspecified atom stereocenters. The van der Waals surface area contributed by atoms with Crippen LogP contribution in [0.1, 0.15) is 71.6 Å². The lowest BCUT2D eigenvalue weighted by Gasteiger charge is -2.05. The average molecular weight is 244 g/mol. The van der Waals surface area contributed by atoms with E-state index in [0.29, 0.717) is 0 Å². The minimum Gasteiger partial charge on any atom is -0.381 e. The fourth-order valence-corrected chi connectivity index (χ4v) is 1.67. The molecule has 104 valence electrons. The van der Waals surface area contributed by atoms with Gasteiger partial charge in [0.1, 0.15) is 0 Å². The van der Waals surface area contributed by atoms with Crippen molar-refractivity contribution in [2.24, 2.45) is 0 Å². The summed E-state index contributed by atoms with van der Waals surface area (Å²) in [6, 6.07) is 0. The summed E-state index contributed by atoms with van der Waals surface area (Å²) < 4.78 is 11.1. The predicted octanol–water partition coefficient (Wildman–Crippen LogP) is 4.57. The van der Waals surface area contributed by atoms with Gasteiger partial charge in [-0.25, -0.2) is 0 Å². The van der Waals surface area contributed by atoms with Crippen LogP contribution in [0, 0.1) is 0 Å². The Morgan fingerprint density at radius 2 is 0.882 bits per heavy atom. The molecule has 0 bridgehead atoms. The molecule has 2 nitrogen and oxygen atoms in total. The molecule has 0 aliphatic heterocycles. The largest absolute Gasteiger partial charge is 0.381 e. The van der Waals surface area contributed by atoms with Crippen molar-refractivity contribution < 1.29 is 9.47 Å². The molecule has 0 atom stereocenters. The van der Waals surface area contributed by atoms with Gasteiger partial charge in [-0.1, -0.05) is 39.5 Å². The standard InChI is InChI=1S/C15H32O2/c1-3-5-7-9-13-17-15-11-8-10-14-16-12-6-4-2/h3-15H2,1-2H3. The van der Waals surface area contributed by atoms with Gasteiger partial charge in [-0.05, 0) is 32.1 Å². The van der Waals surface area contributed by atoms with Gasteiger partial charge in [-0.15, -0.1) is 0 Å². The zero-order chi connectivity index (χ0) is 12.6. The molecule has 0 aromatic rings. The first-order valence-electron chi connectivity index (χ1n) is 7.57. The highest BCUT2D eigenvalue weighted by molar-refractivity contribution is 4.43. The quantitative estimate of drug-likeness (QED) is 0.417. The Kier molecular flexibility index (Phi) is 15.8. The number of rotatable bonds is 14. The van der Waals surface area contributed by atoms with Gasteiger partial charge >= 0.3 is 0 Å². The van der Waals surface area contributed by atoms with Crippen LogP contribution < -0.4 is 0 Å². The van der Waals surface area contributed by atoms with E-state index in [4.69, 9.17) is 9.47 Å². The van der Waals surface area contributed by atoms with E-state index in [2.05, 4.69) is 13.8 Å². The van der Waals surface area contributed by atoms with Crippen LogP contribution in [0.25, 0.3) is 0 Å². The van der Waals surface area contributed by atoms with Crippen LogP contribution in [0.5, 0.6) is 0 Å². The van der Waals surface area contributed by atoms with Crippen molar-refractivity contribution >= 4 is 0 Å². The van der Waals surface area contributed by atoms with Crippen molar-refractivity contribution in [3.05, 3.63) is 0 Å². The van der Waals surface area contributed by atoms with E-state index in [9.17, 15) is 0 Å². The monoisotopic (exact) mass is 244 g/mol. The van der Waals surface area contributed by atoms with Crippen molar-refractivity contribution in [2.75, 3.05) is 26.4 Å². The smallest absolute Gasteiger partial charge is 0.0466 e. The van der Waals surface area contributed by atoms with Crippen LogP contribution in [0.3, 0.4) is 0 Å². The molecule has 0 saturated heterocycles. The summed E-state index contributed by atoms with van der Waals surface area (Å²) >= 11 is 0. The van der Waals surface area contributed by atoms with Gasteiger partial charge in [0.05, 0.1) is 0 Å². The molecule has 2 heteroatoms. The van der Waals surface area contributed by atoms with Gasteiger partial charge in [0.15, 0.2) is 0 Å². The third-order valence-corrected chi connectivity index (χ3v) is 2.86. The van der Waals surface area contributed by atoms with E-state index >= 15 is 0 Å².